The van der Waals surface area contributed by atoms with Crippen molar-refractivity contribution in [2.24, 2.45) is 50.1 Å². The van der Waals surface area contributed by atoms with E-state index in [0.717, 1.165) is 0 Å². The Labute approximate surface area is 282 Å². The summed E-state index contributed by atoms with van der Waals surface area (Å²) >= 11 is 0. The predicted octanol–water partition coefficient (Wildman–Crippen LogP) is -5.69. The molecule has 5 atom stereocenters. The van der Waals surface area contributed by atoms with Crippen LogP contribution < -0.4 is 61.4 Å². The van der Waals surface area contributed by atoms with Gasteiger partial charge < -0.3 is 71.6 Å². The second kappa shape index (κ2) is 24.0. The smallest absolute Gasteiger partial charge is 0.326 e. The molecule has 0 radical (unpaired) electrons. The second-order valence-corrected chi connectivity index (χ2v) is 11.0. The molecule has 0 saturated heterocycles. The van der Waals surface area contributed by atoms with E-state index in [4.69, 9.17) is 45.2 Å². The number of carboxylic acids is 2. The van der Waals surface area contributed by atoms with Crippen molar-refractivity contribution in [1.29, 1.82) is 0 Å². The summed E-state index contributed by atoms with van der Waals surface area (Å²) < 4.78 is 0. The highest BCUT2D eigenvalue weighted by atomic mass is 16.4. The summed E-state index contributed by atoms with van der Waals surface area (Å²) in [5.41, 5.74) is 37.9. The number of carbonyl (C=O) groups is 7. The Morgan fingerprint density at radius 1 is 0.571 bits per heavy atom. The molecule has 0 bridgehead atoms. The van der Waals surface area contributed by atoms with Gasteiger partial charge in [0.25, 0.3) is 0 Å². The largest absolute Gasteiger partial charge is 0.481 e. The number of aliphatic imine (C=N–C) groups is 2. The zero-order chi connectivity index (χ0) is 37.5. The summed E-state index contributed by atoms with van der Waals surface area (Å²) in [6.07, 6.45) is -0.160. The molecular formula is C27H51N13O9. The molecule has 0 saturated carbocycles. The molecule has 0 aromatic carbocycles. The molecule has 22 nitrogen and oxygen atoms in total. The number of hydrogen-bond donors (Lipinski definition) is 13. The summed E-state index contributed by atoms with van der Waals surface area (Å²) in [6.45, 7) is 0.404. The molecule has 5 amide bonds. The zero-order valence-electron chi connectivity index (χ0n) is 27.3. The number of primary amides is 1. The Hall–Kier alpha value is -5.25. The van der Waals surface area contributed by atoms with E-state index in [-0.39, 0.29) is 70.0 Å². The highest BCUT2D eigenvalue weighted by molar-refractivity contribution is 5.96. The van der Waals surface area contributed by atoms with Gasteiger partial charge in [0.15, 0.2) is 11.9 Å². The number of nitrogens with one attached hydrogen (secondary N) is 4. The average molecular weight is 702 g/mol. The Kier molecular flexibility index (Phi) is 21.4. The fourth-order valence-electron chi connectivity index (χ4n) is 4.21. The Morgan fingerprint density at radius 3 is 1.35 bits per heavy atom. The van der Waals surface area contributed by atoms with Gasteiger partial charge in [-0.15, -0.1) is 0 Å². The standard InChI is InChI=1S/C27H51N13O9/c28-10-2-1-5-15(37-21(44)14(29)8-9-20(42)43)22(45)38-16(6-3-11-35-26(31)32)23(46)39-17(7-4-12-36-27(33)34)24(47)40-18(25(48)49)13-19(30)41/h14-18H,1-13,28-29H2,(H2,30,41)(H,37,44)(H,38,45)(H,39,46)(H,40,47)(H,42,43)(H,48,49)(H4,31,32,35)(H4,33,34,36)/t14-,15-,16-,17-,18-/m0/s1. The molecule has 20 N–H and O–H groups in total. The van der Waals surface area contributed by atoms with Crippen molar-refractivity contribution in [3.8, 4) is 0 Å². The van der Waals surface area contributed by atoms with Crippen LogP contribution in [0.3, 0.4) is 0 Å². The summed E-state index contributed by atoms with van der Waals surface area (Å²) in [4.78, 5) is 94.4. The number of nitrogens with zero attached hydrogens (tertiary/aromatic N) is 2. The molecule has 0 heterocycles. The number of hydrogen-bond acceptors (Lipinski definition) is 11. The van der Waals surface area contributed by atoms with E-state index in [1.807, 2.05) is 0 Å². The van der Waals surface area contributed by atoms with E-state index in [1.54, 1.807) is 0 Å². The number of carbonyl (C=O) groups excluding carboxylic acids is 5. The van der Waals surface area contributed by atoms with Gasteiger partial charge in [0.2, 0.25) is 29.5 Å². The van der Waals surface area contributed by atoms with E-state index in [1.165, 1.54) is 0 Å². The molecule has 0 unspecified atom stereocenters. The molecule has 0 spiro atoms. The average Bonchev–Trinajstić information content (AvgIpc) is 3.00. The van der Waals surface area contributed by atoms with Crippen LogP contribution in [-0.4, -0.2) is 113 Å². The van der Waals surface area contributed by atoms with Crippen LogP contribution >= 0.6 is 0 Å². The van der Waals surface area contributed by atoms with Gasteiger partial charge in [0.1, 0.15) is 24.2 Å². The molecule has 49 heavy (non-hydrogen) atoms. The van der Waals surface area contributed by atoms with Crippen molar-refractivity contribution in [2.75, 3.05) is 19.6 Å². The van der Waals surface area contributed by atoms with E-state index < -0.39 is 78.1 Å². The zero-order valence-corrected chi connectivity index (χ0v) is 27.3. The highest BCUT2D eigenvalue weighted by Crippen LogP contribution is 2.08. The van der Waals surface area contributed by atoms with Crippen LogP contribution in [0.2, 0.25) is 0 Å². The third kappa shape index (κ3) is 20.6. The molecule has 0 fully saturated rings. The fourth-order valence-corrected chi connectivity index (χ4v) is 4.21. The normalized spacial score (nSPS) is 13.7. The molecule has 22 heteroatoms. The van der Waals surface area contributed by atoms with Crippen LogP contribution in [0.1, 0.15) is 64.2 Å². The maximum Gasteiger partial charge on any atom is 0.326 e. The predicted molar refractivity (Wildman–Crippen MR) is 177 cm³/mol. The van der Waals surface area contributed by atoms with Gasteiger partial charge in [-0.25, -0.2) is 4.79 Å². The number of unbranched alkanes of at least 4 members (excludes halogenated alkanes) is 1. The fraction of sp³-hybridized carbons (Fsp3) is 0.667. The lowest BCUT2D eigenvalue weighted by atomic mass is 10.0. The molecule has 0 aliphatic carbocycles. The van der Waals surface area contributed by atoms with Gasteiger partial charge in [-0.3, -0.25) is 38.8 Å². The summed E-state index contributed by atoms with van der Waals surface area (Å²) in [5.74, 6) is -7.57. The van der Waals surface area contributed by atoms with Crippen LogP contribution in [0.25, 0.3) is 0 Å². The minimum Gasteiger partial charge on any atom is -0.481 e. The molecule has 0 aromatic rings. The highest BCUT2D eigenvalue weighted by Gasteiger charge is 2.32. The van der Waals surface area contributed by atoms with Crippen LogP contribution in [0, 0.1) is 0 Å². The summed E-state index contributed by atoms with van der Waals surface area (Å²) in [7, 11) is 0. The van der Waals surface area contributed by atoms with Crippen LogP contribution in [0.15, 0.2) is 9.98 Å². The topological polar surface area (TPSA) is 415 Å². The first-order chi connectivity index (χ1) is 23.0. The number of nitrogens with two attached hydrogens (primary N) is 7. The minimum atomic E-state index is -1.70. The lowest BCUT2D eigenvalue weighted by Crippen LogP contribution is -2.58. The van der Waals surface area contributed by atoms with Crippen molar-refractivity contribution >= 4 is 53.4 Å². The van der Waals surface area contributed by atoms with Crippen LogP contribution in [0.5, 0.6) is 0 Å². The Morgan fingerprint density at radius 2 is 0.980 bits per heavy atom. The first-order valence-corrected chi connectivity index (χ1v) is 15.5. The maximum atomic E-state index is 13.6. The molecule has 0 aliphatic rings. The molecular weight excluding hydrogens is 650 g/mol. The van der Waals surface area contributed by atoms with Gasteiger partial charge >= 0.3 is 11.9 Å². The number of amides is 5. The first-order valence-electron chi connectivity index (χ1n) is 15.5. The van der Waals surface area contributed by atoms with E-state index in [9.17, 15) is 38.7 Å². The number of carboxylic acid groups (broad SMARTS) is 2. The van der Waals surface area contributed by atoms with Crippen molar-refractivity contribution in [3.05, 3.63) is 0 Å². The van der Waals surface area contributed by atoms with E-state index >= 15 is 0 Å². The Bertz CT molecular complexity index is 1190. The summed E-state index contributed by atoms with van der Waals surface area (Å²) in [6, 6.07) is -6.85. The molecule has 278 valence electrons. The molecule has 0 rings (SSSR count). The minimum absolute atomic E-state index is 0.0447. The first kappa shape index (κ1) is 43.8. The number of aliphatic carboxylic acids is 2. The third-order valence-corrected chi connectivity index (χ3v) is 6.76. The quantitative estimate of drug-likeness (QED) is 0.0227. The third-order valence-electron chi connectivity index (χ3n) is 6.76. The summed E-state index contributed by atoms with van der Waals surface area (Å²) in [5, 5.41) is 28.0. The molecule has 0 aromatic heterocycles. The monoisotopic (exact) mass is 701 g/mol. The molecule has 0 aliphatic heterocycles. The second-order valence-electron chi connectivity index (χ2n) is 11.0. The SMILES string of the molecule is NCCCC[C@H](NC(=O)[C@@H](N)CCC(=O)O)C(=O)N[C@@H](CCCN=C(N)N)C(=O)N[C@@H](CCCN=C(N)N)C(=O)N[C@@H](CC(N)=O)C(=O)O. The van der Waals surface area contributed by atoms with Gasteiger partial charge in [-0.05, 0) is 57.9 Å². The maximum absolute atomic E-state index is 13.6. The number of guanidine groups is 2. The Balaban J connectivity index is 6.22. The van der Waals surface area contributed by atoms with E-state index in [2.05, 4.69) is 31.3 Å². The van der Waals surface area contributed by atoms with Gasteiger partial charge in [-0.1, -0.05) is 0 Å². The van der Waals surface area contributed by atoms with Crippen molar-refractivity contribution in [1.82, 2.24) is 21.3 Å². The van der Waals surface area contributed by atoms with Gasteiger partial charge in [0.05, 0.1) is 12.5 Å². The van der Waals surface area contributed by atoms with Crippen LogP contribution in [-0.2, 0) is 33.6 Å². The number of rotatable bonds is 26. The lowest BCUT2D eigenvalue weighted by Gasteiger charge is -2.26. The van der Waals surface area contributed by atoms with Crippen LogP contribution in [0.4, 0.5) is 0 Å². The van der Waals surface area contributed by atoms with Gasteiger partial charge in [-0.2, -0.15) is 0 Å². The van der Waals surface area contributed by atoms with E-state index in [0.29, 0.717) is 19.4 Å². The van der Waals surface area contributed by atoms with Gasteiger partial charge in [0, 0.05) is 19.5 Å². The van der Waals surface area contributed by atoms with Crippen molar-refractivity contribution in [3.63, 3.8) is 0 Å². The van der Waals surface area contributed by atoms with Crippen molar-refractivity contribution in [2.45, 2.75) is 94.4 Å². The lowest BCUT2D eigenvalue weighted by molar-refractivity contribution is -0.143. The van der Waals surface area contributed by atoms with Crippen molar-refractivity contribution < 1.29 is 43.8 Å².